The summed E-state index contributed by atoms with van der Waals surface area (Å²) in [5, 5.41) is 1.19. The predicted octanol–water partition coefficient (Wildman–Crippen LogP) is 2.63. The monoisotopic (exact) mass is 327 g/mol. The molecule has 3 N–H and O–H groups in total. The van der Waals surface area contributed by atoms with Crippen LogP contribution in [0.15, 0.2) is 30.5 Å². The number of aromatic amines is 1. The van der Waals surface area contributed by atoms with Crippen molar-refractivity contribution < 1.29 is 23.4 Å². The molecular formula is C15H24N2O4P+. The Morgan fingerprint density at radius 2 is 2.00 bits per heavy atom. The molecule has 0 radical (unpaired) electrons. The second-order valence-corrected chi connectivity index (χ2v) is 7.26. The van der Waals surface area contributed by atoms with Crippen LogP contribution < -0.4 is 0 Å². The quantitative estimate of drug-likeness (QED) is 0.415. The molecule has 0 saturated carbocycles. The Kier molecular flexibility index (Phi) is 5.10. The van der Waals surface area contributed by atoms with Gasteiger partial charge in [-0.1, -0.05) is 25.1 Å². The minimum absolute atomic E-state index is 0.390. The van der Waals surface area contributed by atoms with E-state index in [0.29, 0.717) is 10.9 Å². The van der Waals surface area contributed by atoms with Gasteiger partial charge < -0.3 is 19.3 Å². The molecule has 0 saturated heterocycles. The van der Waals surface area contributed by atoms with Crippen LogP contribution in [0.5, 0.6) is 0 Å². The maximum atomic E-state index is 11.1. The second-order valence-electron chi connectivity index (χ2n) is 6.07. The first-order chi connectivity index (χ1) is 10.2. The number of likely N-dealkylation sites (N-methyl/N-ethyl adjacent to an activating group) is 1. The van der Waals surface area contributed by atoms with E-state index in [9.17, 15) is 4.57 Å². The highest BCUT2D eigenvalue weighted by Crippen LogP contribution is 2.40. The smallest absolute Gasteiger partial charge is 0.361 e. The number of nitrogens with one attached hydrogen (secondary N) is 1. The normalized spacial score (nSPS) is 14.4. The number of benzene rings is 1. The number of aromatic nitrogens is 1. The fourth-order valence-electron chi connectivity index (χ4n) is 2.75. The molecule has 1 heterocycles. The summed E-state index contributed by atoms with van der Waals surface area (Å²) < 4.78 is 16.4. The molecule has 1 aromatic carbocycles. The Morgan fingerprint density at radius 3 is 2.64 bits per heavy atom. The molecule has 2 aromatic rings. The Labute approximate surface area is 130 Å². The number of phosphoric acid groups is 1. The molecule has 1 aromatic heterocycles. The van der Waals surface area contributed by atoms with Gasteiger partial charge in [0.15, 0.2) is 0 Å². The summed E-state index contributed by atoms with van der Waals surface area (Å²) in [7, 11) is -0.621. The zero-order valence-corrected chi connectivity index (χ0v) is 14.1. The van der Waals surface area contributed by atoms with Gasteiger partial charge in [-0.05, 0) is 11.6 Å². The van der Waals surface area contributed by atoms with Crippen LogP contribution in [0, 0.1) is 0 Å². The maximum absolute atomic E-state index is 11.1. The van der Waals surface area contributed by atoms with Crippen LogP contribution in [-0.2, 0) is 15.5 Å². The molecule has 2 rings (SSSR count). The van der Waals surface area contributed by atoms with Gasteiger partial charge in [0.05, 0.1) is 20.6 Å². The van der Waals surface area contributed by atoms with E-state index in [1.807, 2.05) is 45.4 Å². The van der Waals surface area contributed by atoms with Crippen molar-refractivity contribution in [2.45, 2.75) is 26.0 Å². The van der Waals surface area contributed by atoms with Gasteiger partial charge in [0.25, 0.3) is 0 Å². The van der Waals surface area contributed by atoms with Gasteiger partial charge >= 0.3 is 7.82 Å². The van der Waals surface area contributed by atoms with Crippen LogP contribution >= 0.6 is 7.82 Å². The summed E-state index contributed by atoms with van der Waals surface area (Å²) in [5.41, 5.74) is 2.30. The fraction of sp³-hybridized carbons (Fsp3) is 0.467. The number of para-hydroxylation sites is 1. The predicted molar refractivity (Wildman–Crippen MR) is 86.2 cm³/mol. The third-order valence-corrected chi connectivity index (χ3v) is 4.54. The van der Waals surface area contributed by atoms with E-state index >= 15 is 0 Å². The molecule has 1 unspecified atom stereocenters. The lowest BCUT2D eigenvalue weighted by atomic mass is 10.1. The highest BCUT2D eigenvalue weighted by Gasteiger charge is 2.33. The van der Waals surface area contributed by atoms with Crippen LogP contribution in [-0.4, -0.2) is 46.1 Å². The summed E-state index contributed by atoms with van der Waals surface area (Å²) in [5.74, 6) is 0. The third-order valence-electron chi connectivity index (χ3n) is 4.02. The molecule has 1 atom stereocenters. The number of phosphoric ester groups is 1. The molecule has 0 bridgehead atoms. The van der Waals surface area contributed by atoms with Crippen molar-refractivity contribution in [3.8, 4) is 0 Å². The summed E-state index contributed by atoms with van der Waals surface area (Å²) in [4.78, 5) is 21.3. The lowest BCUT2D eigenvalue weighted by Gasteiger charge is -2.36. The van der Waals surface area contributed by atoms with Crippen LogP contribution in [0.4, 0.5) is 0 Å². The molecule has 0 spiro atoms. The molecule has 0 fully saturated rings. The highest BCUT2D eigenvalue weighted by molar-refractivity contribution is 7.46. The highest BCUT2D eigenvalue weighted by atomic mass is 31.2. The van der Waals surface area contributed by atoms with Crippen LogP contribution in [0.1, 0.15) is 18.9 Å². The van der Waals surface area contributed by atoms with E-state index < -0.39 is 14.1 Å². The summed E-state index contributed by atoms with van der Waals surface area (Å²) in [6, 6.07) is 8.10. The van der Waals surface area contributed by atoms with Crippen molar-refractivity contribution in [2.75, 3.05) is 20.6 Å². The first-order valence-electron chi connectivity index (χ1n) is 7.34. The molecule has 0 aliphatic heterocycles. The summed E-state index contributed by atoms with van der Waals surface area (Å²) >= 11 is 0. The topological polar surface area (TPSA) is 82.6 Å². The van der Waals surface area contributed by atoms with Crippen molar-refractivity contribution in [1.29, 1.82) is 0 Å². The molecule has 22 heavy (non-hydrogen) atoms. The van der Waals surface area contributed by atoms with Crippen molar-refractivity contribution in [3.63, 3.8) is 0 Å². The van der Waals surface area contributed by atoms with Crippen molar-refractivity contribution in [2.24, 2.45) is 0 Å². The van der Waals surface area contributed by atoms with E-state index in [1.165, 1.54) is 10.9 Å². The molecule has 0 aliphatic carbocycles. The minimum atomic E-state index is -4.48. The van der Waals surface area contributed by atoms with Gasteiger partial charge in [-0.3, -0.25) is 0 Å². The largest absolute Gasteiger partial charge is 0.474 e. The van der Waals surface area contributed by atoms with Crippen molar-refractivity contribution in [1.82, 2.24) is 4.98 Å². The fourth-order valence-corrected chi connectivity index (χ4v) is 3.47. The number of rotatable bonds is 7. The zero-order valence-electron chi connectivity index (χ0n) is 13.2. The van der Waals surface area contributed by atoms with Crippen LogP contribution in [0.2, 0.25) is 0 Å². The SMILES string of the molecule is CCC(OP(=O)(O)O)[N+](C)(C)CCc1c[nH]c2ccccc12. The first kappa shape index (κ1) is 17.2. The Hall–Kier alpha value is -1.17. The summed E-state index contributed by atoms with van der Waals surface area (Å²) in [6.45, 7) is 2.59. The van der Waals surface area contributed by atoms with E-state index in [0.717, 1.165) is 18.5 Å². The number of quaternary nitrogens is 1. The number of hydrogen-bond acceptors (Lipinski definition) is 2. The molecule has 122 valence electrons. The number of fused-ring (bicyclic) bond motifs is 1. The standard InChI is InChI=1S/C15H23N2O4P/c1-4-15(21-22(18,19)20)17(2,3)10-9-12-11-16-14-8-6-5-7-13(12)14/h5-8,11,15-16H,4,9-10H2,1-3H3,(H-,18,19,20)/p+1. The van der Waals surface area contributed by atoms with Gasteiger partial charge in [-0.2, -0.15) is 0 Å². The first-order valence-corrected chi connectivity index (χ1v) is 8.87. The maximum Gasteiger partial charge on any atom is 0.474 e. The minimum Gasteiger partial charge on any atom is -0.361 e. The average Bonchev–Trinajstić information content (AvgIpc) is 2.85. The third kappa shape index (κ3) is 4.18. The Balaban J connectivity index is 2.09. The Bertz CT molecular complexity index is 677. The second kappa shape index (κ2) is 6.52. The van der Waals surface area contributed by atoms with E-state index in [1.54, 1.807) is 0 Å². The van der Waals surface area contributed by atoms with Crippen molar-refractivity contribution >= 4 is 18.7 Å². The van der Waals surface area contributed by atoms with Crippen LogP contribution in [0.25, 0.3) is 10.9 Å². The number of nitrogens with zero attached hydrogens (tertiary/aromatic N) is 1. The van der Waals surface area contributed by atoms with E-state index in [2.05, 4.69) is 11.1 Å². The van der Waals surface area contributed by atoms with Gasteiger partial charge in [-0.25, -0.2) is 9.09 Å². The summed E-state index contributed by atoms with van der Waals surface area (Å²) in [6.07, 6.45) is 2.80. The van der Waals surface area contributed by atoms with Crippen LogP contribution in [0.3, 0.4) is 0 Å². The molecule has 6 nitrogen and oxygen atoms in total. The number of H-pyrrole nitrogens is 1. The molecular weight excluding hydrogens is 303 g/mol. The lowest BCUT2D eigenvalue weighted by molar-refractivity contribution is -0.933. The lowest BCUT2D eigenvalue weighted by Crippen LogP contribution is -2.50. The Morgan fingerprint density at radius 1 is 1.32 bits per heavy atom. The number of hydrogen-bond donors (Lipinski definition) is 3. The molecule has 0 amide bonds. The molecule has 7 heteroatoms. The van der Waals surface area contributed by atoms with Gasteiger partial charge in [0.1, 0.15) is 0 Å². The van der Waals surface area contributed by atoms with Gasteiger partial charge in [0, 0.05) is 29.9 Å². The van der Waals surface area contributed by atoms with Crippen molar-refractivity contribution in [3.05, 3.63) is 36.0 Å². The average molecular weight is 327 g/mol. The molecule has 0 aliphatic rings. The zero-order chi connectivity index (χ0) is 16.4. The van der Waals surface area contributed by atoms with E-state index in [4.69, 9.17) is 14.3 Å². The van der Waals surface area contributed by atoms with Gasteiger partial charge in [0.2, 0.25) is 6.23 Å². The van der Waals surface area contributed by atoms with E-state index in [-0.39, 0.29) is 0 Å². The van der Waals surface area contributed by atoms with Gasteiger partial charge in [-0.15, -0.1) is 0 Å².